The van der Waals surface area contributed by atoms with Crippen molar-refractivity contribution in [2.24, 2.45) is 4.99 Å². The minimum atomic E-state index is -0.310. The number of hydrogen-bond donors (Lipinski definition) is 0. The summed E-state index contributed by atoms with van der Waals surface area (Å²) in [4.78, 5) is 4.31. The molecule has 19 heavy (non-hydrogen) atoms. The lowest BCUT2D eigenvalue weighted by Gasteiger charge is -2.05. The van der Waals surface area contributed by atoms with Crippen LogP contribution in [-0.4, -0.2) is 17.0 Å². The van der Waals surface area contributed by atoms with Crippen LogP contribution in [0.5, 0.6) is 0 Å². The minimum Gasteiger partial charge on any atom is -0.248 e. The van der Waals surface area contributed by atoms with Crippen LogP contribution in [0.2, 0.25) is 0 Å². The molecule has 0 bridgehead atoms. The Hall–Kier alpha value is -2.73. The number of aliphatic imine (C=N–C) groups is 1. The van der Waals surface area contributed by atoms with Crippen LogP contribution in [0.3, 0.4) is 0 Å². The van der Waals surface area contributed by atoms with Crippen LogP contribution < -0.4 is 0 Å². The van der Waals surface area contributed by atoms with Crippen molar-refractivity contribution in [1.82, 2.24) is 0 Å². The van der Waals surface area contributed by atoms with Gasteiger partial charge in [0.15, 0.2) is 6.20 Å². The summed E-state index contributed by atoms with van der Waals surface area (Å²) in [7, 11) is 0. The summed E-state index contributed by atoms with van der Waals surface area (Å²) in [5, 5.41) is 0. The zero-order valence-corrected chi connectivity index (χ0v) is 10.1. The molecule has 0 atom stereocenters. The molecule has 0 spiro atoms. The fraction of sp³-hybridized carbons (Fsp3) is 0. The van der Waals surface area contributed by atoms with Crippen LogP contribution in [0.15, 0.2) is 53.8 Å². The normalized spacial score (nSPS) is 13.3. The molecular weight excluding hydrogens is 239 g/mol. The van der Waals surface area contributed by atoms with Gasteiger partial charge in [0.25, 0.3) is 0 Å². The second-order valence-electron chi connectivity index (χ2n) is 4.09. The lowest BCUT2D eigenvalue weighted by molar-refractivity contribution is -0.349. The van der Waals surface area contributed by atoms with Crippen LogP contribution in [0.1, 0.15) is 11.1 Å². The zero-order valence-electron chi connectivity index (χ0n) is 10.1. The highest BCUT2D eigenvalue weighted by atomic mass is 19.1. The average molecular weight is 249 g/mol. The first-order valence-corrected chi connectivity index (χ1v) is 5.79. The van der Waals surface area contributed by atoms with Gasteiger partial charge in [-0.15, -0.1) is 0 Å². The van der Waals surface area contributed by atoms with Gasteiger partial charge in [0, 0.05) is 11.6 Å². The van der Waals surface area contributed by atoms with Gasteiger partial charge in [0.05, 0.1) is 11.9 Å². The summed E-state index contributed by atoms with van der Waals surface area (Å²) in [5.74, 6) is -0.310. The van der Waals surface area contributed by atoms with Crippen LogP contribution in [-0.2, 0) is 0 Å². The fourth-order valence-corrected chi connectivity index (χ4v) is 1.99. The molecule has 0 fully saturated rings. The van der Waals surface area contributed by atoms with Crippen molar-refractivity contribution in [3.8, 4) is 0 Å². The highest BCUT2D eigenvalue weighted by Crippen LogP contribution is 2.23. The third-order valence-corrected chi connectivity index (χ3v) is 2.90. The van der Waals surface area contributed by atoms with E-state index in [0.29, 0.717) is 16.8 Å². The van der Waals surface area contributed by atoms with Gasteiger partial charge in [-0.1, -0.05) is 24.3 Å². The van der Waals surface area contributed by atoms with Gasteiger partial charge in [-0.05, 0) is 18.2 Å². The standard InChI is InChI=1S/C16H10FN2/c1-19-11-10-18-16(12-6-2-4-8-14(12)17)13-7-3-5-9-15(13)19/h2,4-6,8-11H,1H2/q+1. The van der Waals surface area contributed by atoms with Crippen LogP contribution in [0.4, 0.5) is 10.1 Å². The number of halogens is 1. The molecule has 2 aromatic carbocycles. The van der Waals surface area contributed by atoms with E-state index in [-0.39, 0.29) is 5.82 Å². The SMILES string of the molecule is C=[N+]1C=CN=C(c2ccccc2F)c2c#cccc21. The van der Waals surface area contributed by atoms with Gasteiger partial charge >= 0.3 is 0 Å². The Kier molecular flexibility index (Phi) is 2.70. The number of rotatable bonds is 1. The van der Waals surface area contributed by atoms with Crippen molar-refractivity contribution in [1.29, 1.82) is 0 Å². The molecule has 0 N–H and O–H groups in total. The maximum atomic E-state index is 13.9. The molecular formula is C16H10FN2+. The third-order valence-electron chi connectivity index (χ3n) is 2.90. The molecule has 90 valence electrons. The van der Waals surface area contributed by atoms with E-state index in [1.54, 1.807) is 41.2 Å². The molecule has 0 radical (unpaired) electrons. The Morgan fingerprint density at radius 1 is 1.21 bits per heavy atom. The molecule has 1 aliphatic rings. The second kappa shape index (κ2) is 4.51. The van der Waals surface area contributed by atoms with Gasteiger partial charge in [-0.2, -0.15) is 4.58 Å². The summed E-state index contributed by atoms with van der Waals surface area (Å²) >= 11 is 0. The second-order valence-corrected chi connectivity index (χ2v) is 4.09. The molecule has 3 rings (SSSR count). The maximum absolute atomic E-state index is 13.9. The smallest absolute Gasteiger partial charge is 0.228 e. The first kappa shape index (κ1) is 11.4. The molecule has 0 aliphatic carbocycles. The van der Waals surface area contributed by atoms with E-state index in [1.165, 1.54) is 6.07 Å². The van der Waals surface area contributed by atoms with E-state index >= 15 is 0 Å². The van der Waals surface area contributed by atoms with Crippen LogP contribution in [0.25, 0.3) is 0 Å². The molecule has 0 unspecified atom stereocenters. The number of fused-ring (bicyclic) bond motifs is 1. The molecule has 0 amide bonds. The van der Waals surface area contributed by atoms with Crippen molar-refractivity contribution in [2.45, 2.75) is 0 Å². The van der Waals surface area contributed by atoms with E-state index in [1.807, 2.05) is 6.07 Å². The largest absolute Gasteiger partial charge is 0.248 e. The van der Waals surface area contributed by atoms with Crippen molar-refractivity contribution < 1.29 is 8.97 Å². The Balaban J connectivity index is 2.26. The Labute approximate surface area is 110 Å². The fourth-order valence-electron chi connectivity index (χ4n) is 1.99. The molecule has 0 saturated heterocycles. The highest BCUT2D eigenvalue weighted by molar-refractivity contribution is 6.15. The molecule has 0 saturated carbocycles. The van der Waals surface area contributed by atoms with E-state index in [4.69, 9.17) is 0 Å². The third kappa shape index (κ3) is 1.94. The molecule has 1 heterocycles. The lowest BCUT2D eigenvalue weighted by Crippen LogP contribution is -2.07. The van der Waals surface area contributed by atoms with Crippen molar-refractivity contribution >= 4 is 18.1 Å². The molecule has 2 aromatic rings. The van der Waals surface area contributed by atoms with Crippen LogP contribution in [0, 0.1) is 17.9 Å². The van der Waals surface area contributed by atoms with E-state index in [9.17, 15) is 4.39 Å². The molecule has 1 aliphatic heterocycles. The zero-order chi connectivity index (χ0) is 13.2. The van der Waals surface area contributed by atoms with Gasteiger partial charge in [-0.25, -0.2) is 9.38 Å². The summed E-state index contributed by atoms with van der Waals surface area (Å²) in [6, 6.07) is 16.0. The Bertz CT molecular complexity index is 714. The molecule has 0 aromatic heterocycles. The van der Waals surface area contributed by atoms with Crippen molar-refractivity contribution in [2.75, 3.05) is 0 Å². The van der Waals surface area contributed by atoms with Gasteiger partial charge < -0.3 is 0 Å². The summed E-state index contributed by atoms with van der Waals surface area (Å²) in [6.45, 7) is 3.89. The first-order valence-electron chi connectivity index (χ1n) is 5.79. The van der Waals surface area contributed by atoms with E-state index in [0.717, 1.165) is 5.69 Å². The molecule has 2 nitrogen and oxygen atoms in total. The predicted octanol–water partition coefficient (Wildman–Crippen LogP) is 3.09. The average Bonchev–Trinajstić information content (AvgIpc) is 2.60. The van der Waals surface area contributed by atoms with Crippen molar-refractivity contribution in [3.05, 3.63) is 77.9 Å². The minimum absolute atomic E-state index is 0.310. The predicted molar refractivity (Wildman–Crippen MR) is 72.3 cm³/mol. The monoisotopic (exact) mass is 249 g/mol. The van der Waals surface area contributed by atoms with Gasteiger partial charge in [-0.3, -0.25) is 0 Å². The number of benzene rings is 1. The molecule has 3 heteroatoms. The summed E-state index contributed by atoms with van der Waals surface area (Å²) in [5.41, 5.74) is 2.48. The first-order chi connectivity index (χ1) is 9.27. The Morgan fingerprint density at radius 3 is 2.89 bits per heavy atom. The maximum Gasteiger partial charge on any atom is 0.228 e. The lowest BCUT2D eigenvalue weighted by atomic mass is 10.0. The summed E-state index contributed by atoms with van der Waals surface area (Å²) in [6.07, 6.45) is 3.32. The topological polar surface area (TPSA) is 15.4 Å². The number of nitrogens with zero attached hydrogens (tertiary/aromatic N) is 2. The van der Waals surface area contributed by atoms with E-state index in [2.05, 4.69) is 23.8 Å². The van der Waals surface area contributed by atoms with Crippen LogP contribution >= 0.6 is 0 Å². The summed E-state index contributed by atoms with van der Waals surface area (Å²) < 4.78 is 15.6. The van der Waals surface area contributed by atoms with Gasteiger partial charge in [0.2, 0.25) is 5.69 Å². The highest BCUT2D eigenvalue weighted by Gasteiger charge is 2.21. The number of hydrogen-bond acceptors (Lipinski definition) is 1. The van der Waals surface area contributed by atoms with E-state index < -0.39 is 0 Å². The Morgan fingerprint density at radius 2 is 2.05 bits per heavy atom. The quantitative estimate of drug-likeness (QED) is 0.690. The van der Waals surface area contributed by atoms with Gasteiger partial charge in [0.1, 0.15) is 18.1 Å². The van der Waals surface area contributed by atoms with Crippen molar-refractivity contribution in [3.63, 3.8) is 0 Å².